The van der Waals surface area contributed by atoms with Crippen molar-refractivity contribution in [2.45, 2.75) is 0 Å². The van der Waals surface area contributed by atoms with Gasteiger partial charge in [0.25, 0.3) is 0 Å². The van der Waals surface area contributed by atoms with Crippen molar-refractivity contribution in [1.82, 2.24) is 9.97 Å². The predicted octanol–water partition coefficient (Wildman–Crippen LogP) is 3.42. The van der Waals surface area contributed by atoms with Crippen LogP contribution in [0.15, 0.2) is 67.0 Å². The van der Waals surface area contributed by atoms with E-state index < -0.39 is 0 Å². The van der Waals surface area contributed by atoms with Gasteiger partial charge in [0.1, 0.15) is 5.82 Å². The van der Waals surface area contributed by atoms with E-state index in [1.807, 2.05) is 47.7 Å². The van der Waals surface area contributed by atoms with E-state index in [0.29, 0.717) is 11.7 Å². The van der Waals surface area contributed by atoms with Gasteiger partial charge in [0.05, 0.1) is 14.2 Å². The molecular formula is C18H17N3O2. The zero-order valence-corrected chi connectivity index (χ0v) is 13.0. The van der Waals surface area contributed by atoms with E-state index in [4.69, 9.17) is 9.47 Å². The maximum atomic E-state index is 5.19. The van der Waals surface area contributed by atoms with Crippen LogP contribution in [0.5, 0.6) is 11.9 Å². The van der Waals surface area contributed by atoms with Crippen LogP contribution in [0.3, 0.4) is 0 Å². The summed E-state index contributed by atoms with van der Waals surface area (Å²) in [7, 11) is 3.09. The monoisotopic (exact) mass is 307 g/mol. The molecule has 0 N–H and O–H groups in total. The second-order valence-electron chi connectivity index (χ2n) is 4.81. The van der Waals surface area contributed by atoms with Gasteiger partial charge in [-0.3, -0.25) is 0 Å². The largest absolute Gasteiger partial charge is 0.481 e. The number of nitrogens with zero attached hydrogens (tertiary/aromatic N) is 3. The van der Waals surface area contributed by atoms with Gasteiger partial charge in [-0.2, -0.15) is 9.97 Å². The molecule has 0 amide bonds. The van der Waals surface area contributed by atoms with Crippen molar-refractivity contribution in [1.29, 1.82) is 0 Å². The fourth-order valence-corrected chi connectivity index (χ4v) is 2.20. The maximum Gasteiger partial charge on any atom is 0.321 e. The molecule has 3 rings (SSSR count). The number of hydrogen-bond acceptors (Lipinski definition) is 5. The number of hydrogen-bond donors (Lipinski definition) is 0. The van der Waals surface area contributed by atoms with E-state index in [2.05, 4.69) is 28.2 Å². The lowest BCUT2D eigenvalue weighted by atomic mass is 10.1. The summed E-state index contributed by atoms with van der Waals surface area (Å²) in [6, 6.07) is 12.2. The van der Waals surface area contributed by atoms with E-state index in [0.717, 1.165) is 11.1 Å². The Kier molecular flexibility index (Phi) is 4.38. The van der Waals surface area contributed by atoms with Crippen molar-refractivity contribution in [3.8, 4) is 11.9 Å². The molecule has 0 aliphatic carbocycles. The number of ether oxygens (including phenoxy) is 2. The fraction of sp³-hybridized carbons (Fsp3) is 0.111. The first-order chi connectivity index (χ1) is 11.3. The molecule has 0 unspecified atom stereocenters. The zero-order chi connectivity index (χ0) is 16.1. The Morgan fingerprint density at radius 1 is 0.957 bits per heavy atom. The van der Waals surface area contributed by atoms with Crippen molar-refractivity contribution in [3.63, 3.8) is 0 Å². The van der Waals surface area contributed by atoms with Crippen molar-refractivity contribution < 1.29 is 9.47 Å². The Morgan fingerprint density at radius 2 is 1.78 bits per heavy atom. The van der Waals surface area contributed by atoms with Gasteiger partial charge < -0.3 is 14.4 Å². The molecule has 0 saturated carbocycles. The average Bonchev–Trinajstić information content (AvgIpc) is 2.88. The van der Waals surface area contributed by atoms with Gasteiger partial charge in [-0.05, 0) is 23.3 Å². The molecule has 2 heterocycles. The summed E-state index contributed by atoms with van der Waals surface area (Å²) in [4.78, 5) is 10.3. The molecule has 0 atom stereocenters. The molecule has 1 aliphatic heterocycles. The molecular weight excluding hydrogens is 290 g/mol. The molecule has 1 aromatic carbocycles. The summed E-state index contributed by atoms with van der Waals surface area (Å²) < 4.78 is 10.3. The highest BCUT2D eigenvalue weighted by Crippen LogP contribution is 2.24. The molecule has 0 saturated heterocycles. The van der Waals surface area contributed by atoms with Gasteiger partial charge in [-0.1, -0.05) is 36.4 Å². The molecule has 1 aliphatic rings. The third kappa shape index (κ3) is 3.40. The lowest BCUT2D eigenvalue weighted by Crippen LogP contribution is -2.10. The molecule has 0 spiro atoms. The molecule has 5 nitrogen and oxygen atoms in total. The first-order valence-corrected chi connectivity index (χ1v) is 7.17. The Hall–Kier alpha value is -3.08. The topological polar surface area (TPSA) is 47.5 Å². The van der Waals surface area contributed by atoms with Crippen LogP contribution in [-0.2, 0) is 0 Å². The lowest BCUT2D eigenvalue weighted by Gasteiger charge is -2.15. The molecule has 5 heteroatoms. The first kappa shape index (κ1) is 14.8. The third-order valence-electron chi connectivity index (χ3n) is 3.37. The quantitative estimate of drug-likeness (QED) is 0.866. The van der Waals surface area contributed by atoms with Crippen LogP contribution in [0.4, 0.5) is 5.82 Å². The van der Waals surface area contributed by atoms with Crippen LogP contribution in [0.25, 0.3) is 5.57 Å². The number of allylic oxidation sites excluding steroid dienone is 4. The van der Waals surface area contributed by atoms with Gasteiger partial charge in [-0.15, -0.1) is 0 Å². The second kappa shape index (κ2) is 6.79. The lowest BCUT2D eigenvalue weighted by molar-refractivity contribution is 0.352. The summed E-state index contributed by atoms with van der Waals surface area (Å²) in [6.07, 6.45) is 9.94. The third-order valence-corrected chi connectivity index (χ3v) is 3.37. The van der Waals surface area contributed by atoms with Crippen LogP contribution in [-0.4, -0.2) is 24.2 Å². The maximum absolute atomic E-state index is 5.19. The Morgan fingerprint density at radius 3 is 2.52 bits per heavy atom. The van der Waals surface area contributed by atoms with Crippen molar-refractivity contribution in [2.24, 2.45) is 0 Å². The minimum Gasteiger partial charge on any atom is -0.481 e. The average molecular weight is 307 g/mol. The number of anilines is 1. The van der Waals surface area contributed by atoms with E-state index >= 15 is 0 Å². The molecule has 116 valence electrons. The van der Waals surface area contributed by atoms with E-state index in [9.17, 15) is 0 Å². The van der Waals surface area contributed by atoms with Crippen LogP contribution < -0.4 is 14.4 Å². The number of aromatic nitrogens is 2. The molecule has 1 aromatic heterocycles. The molecule has 0 bridgehead atoms. The van der Waals surface area contributed by atoms with Crippen molar-refractivity contribution >= 4 is 11.4 Å². The molecule has 0 radical (unpaired) electrons. The van der Waals surface area contributed by atoms with Gasteiger partial charge in [0, 0.05) is 18.5 Å². The second-order valence-corrected chi connectivity index (χ2v) is 4.81. The van der Waals surface area contributed by atoms with Crippen molar-refractivity contribution in [2.75, 3.05) is 19.1 Å². The molecule has 2 aromatic rings. The normalized spacial score (nSPS) is 13.5. The Bertz CT molecular complexity index is 745. The minimum atomic E-state index is 0.265. The van der Waals surface area contributed by atoms with Crippen LogP contribution in [0.1, 0.15) is 5.56 Å². The van der Waals surface area contributed by atoms with Crippen LogP contribution in [0.2, 0.25) is 0 Å². The predicted molar refractivity (Wildman–Crippen MR) is 90.3 cm³/mol. The molecule has 0 fully saturated rings. The first-order valence-electron chi connectivity index (χ1n) is 7.17. The number of methoxy groups -OCH3 is 2. The van der Waals surface area contributed by atoms with Gasteiger partial charge in [0.2, 0.25) is 5.88 Å². The van der Waals surface area contributed by atoms with Crippen LogP contribution >= 0.6 is 0 Å². The van der Waals surface area contributed by atoms with E-state index in [1.165, 1.54) is 7.11 Å². The summed E-state index contributed by atoms with van der Waals surface area (Å²) in [6.45, 7) is 0. The number of rotatable bonds is 4. The van der Waals surface area contributed by atoms with E-state index in [-0.39, 0.29) is 6.01 Å². The SMILES string of the molecule is COc1cc(N2C=CC=C(c3ccccc3)C=C2)nc(OC)n1. The highest BCUT2D eigenvalue weighted by Gasteiger charge is 2.10. The van der Waals surface area contributed by atoms with Gasteiger partial charge >= 0.3 is 6.01 Å². The highest BCUT2D eigenvalue weighted by molar-refractivity contribution is 5.76. The highest BCUT2D eigenvalue weighted by atomic mass is 16.5. The summed E-state index contributed by atoms with van der Waals surface area (Å²) in [5.74, 6) is 1.12. The standard InChI is InChI=1S/C18H17N3O2/c1-22-17-13-16(19-18(20-17)23-2)21-11-6-9-15(10-12-21)14-7-4-3-5-8-14/h3-13H,1-2H3. The Labute approximate surface area is 135 Å². The minimum absolute atomic E-state index is 0.265. The van der Waals surface area contributed by atoms with Gasteiger partial charge in [0.15, 0.2) is 0 Å². The smallest absolute Gasteiger partial charge is 0.321 e. The summed E-state index contributed by atoms with van der Waals surface area (Å²) in [5.41, 5.74) is 2.28. The van der Waals surface area contributed by atoms with Gasteiger partial charge in [-0.25, -0.2) is 0 Å². The molecule has 23 heavy (non-hydrogen) atoms. The Balaban J connectivity index is 1.90. The number of benzene rings is 1. The van der Waals surface area contributed by atoms with Crippen molar-refractivity contribution in [3.05, 3.63) is 72.6 Å². The summed E-state index contributed by atoms with van der Waals surface area (Å²) in [5, 5.41) is 0. The summed E-state index contributed by atoms with van der Waals surface area (Å²) >= 11 is 0. The zero-order valence-electron chi connectivity index (χ0n) is 13.0. The van der Waals surface area contributed by atoms with E-state index in [1.54, 1.807) is 13.2 Å². The fourth-order valence-electron chi connectivity index (χ4n) is 2.20. The van der Waals surface area contributed by atoms with Crippen LogP contribution in [0, 0.1) is 0 Å².